The van der Waals surface area contributed by atoms with Gasteiger partial charge in [0.15, 0.2) is 0 Å². The highest BCUT2D eigenvalue weighted by molar-refractivity contribution is 9.10. The van der Waals surface area contributed by atoms with Crippen LogP contribution in [0.5, 0.6) is 11.5 Å². The molecule has 0 unspecified atom stereocenters. The molecule has 2 aromatic rings. The third-order valence-electron chi connectivity index (χ3n) is 1.83. The van der Waals surface area contributed by atoms with Crippen LogP contribution in [0.1, 0.15) is 0 Å². The van der Waals surface area contributed by atoms with Crippen molar-refractivity contribution in [2.75, 3.05) is 0 Å². The van der Waals surface area contributed by atoms with E-state index in [2.05, 4.69) is 31.9 Å². The third kappa shape index (κ3) is 3.08. The van der Waals surface area contributed by atoms with Gasteiger partial charge in [-0.25, -0.2) is 0 Å². The van der Waals surface area contributed by atoms with Gasteiger partial charge in [-0.05, 0) is 36.4 Å². The molecule has 0 N–H and O–H groups in total. The summed E-state index contributed by atoms with van der Waals surface area (Å²) in [6.45, 7) is 0. The molecule has 2 aromatic carbocycles. The lowest BCUT2D eigenvalue weighted by Gasteiger charge is -2.05. The summed E-state index contributed by atoms with van der Waals surface area (Å²) < 4.78 is 7.70. The first kappa shape index (κ1) is 10.7. The largest absolute Gasteiger partial charge is 0.457 e. The zero-order valence-corrected chi connectivity index (χ0v) is 11.0. The van der Waals surface area contributed by atoms with Gasteiger partial charge in [-0.3, -0.25) is 0 Å². The van der Waals surface area contributed by atoms with Crippen LogP contribution < -0.4 is 4.74 Å². The van der Waals surface area contributed by atoms with Crippen LogP contribution in [-0.4, -0.2) is 0 Å². The van der Waals surface area contributed by atoms with Gasteiger partial charge in [-0.1, -0.05) is 44.0 Å². The van der Waals surface area contributed by atoms with Gasteiger partial charge >= 0.3 is 0 Å². The van der Waals surface area contributed by atoms with Gasteiger partial charge in [0.1, 0.15) is 11.5 Å². The SMILES string of the molecule is Brc1cccc(Oc2cccc(Br)c2)c1. The van der Waals surface area contributed by atoms with Crippen molar-refractivity contribution < 1.29 is 4.74 Å². The first-order chi connectivity index (χ1) is 7.24. The average molecular weight is 328 g/mol. The molecule has 15 heavy (non-hydrogen) atoms. The maximum absolute atomic E-state index is 5.68. The van der Waals surface area contributed by atoms with Crippen molar-refractivity contribution >= 4 is 31.9 Å². The fourth-order valence-corrected chi connectivity index (χ4v) is 1.95. The van der Waals surface area contributed by atoms with Crippen molar-refractivity contribution in [3.05, 3.63) is 57.5 Å². The fraction of sp³-hybridized carbons (Fsp3) is 0. The molecule has 3 heteroatoms. The maximum Gasteiger partial charge on any atom is 0.128 e. The Labute approximate surface area is 105 Å². The predicted octanol–water partition coefficient (Wildman–Crippen LogP) is 5.00. The molecule has 0 radical (unpaired) electrons. The van der Waals surface area contributed by atoms with E-state index in [1.165, 1.54) is 0 Å². The van der Waals surface area contributed by atoms with E-state index in [0.717, 1.165) is 20.4 Å². The van der Waals surface area contributed by atoms with Crippen molar-refractivity contribution in [1.29, 1.82) is 0 Å². The molecular weight excluding hydrogens is 320 g/mol. The molecule has 0 amide bonds. The number of ether oxygens (including phenoxy) is 1. The summed E-state index contributed by atoms with van der Waals surface area (Å²) >= 11 is 6.80. The molecule has 0 aliphatic carbocycles. The molecule has 0 heterocycles. The quantitative estimate of drug-likeness (QED) is 0.753. The normalized spacial score (nSPS) is 10.0. The van der Waals surface area contributed by atoms with Crippen LogP contribution in [0, 0.1) is 0 Å². The van der Waals surface area contributed by atoms with Crippen LogP contribution in [0.4, 0.5) is 0 Å². The van der Waals surface area contributed by atoms with E-state index in [9.17, 15) is 0 Å². The zero-order valence-electron chi connectivity index (χ0n) is 7.78. The molecule has 0 saturated carbocycles. The summed E-state index contributed by atoms with van der Waals surface area (Å²) in [5, 5.41) is 0. The van der Waals surface area contributed by atoms with Gasteiger partial charge in [-0.2, -0.15) is 0 Å². The minimum absolute atomic E-state index is 0.822. The van der Waals surface area contributed by atoms with Gasteiger partial charge in [0.25, 0.3) is 0 Å². The highest BCUT2D eigenvalue weighted by Crippen LogP contribution is 2.26. The molecule has 0 aliphatic heterocycles. The Balaban J connectivity index is 2.22. The van der Waals surface area contributed by atoms with E-state index in [1.807, 2.05) is 48.5 Å². The Hall–Kier alpha value is -0.800. The Bertz CT molecular complexity index is 425. The van der Waals surface area contributed by atoms with Gasteiger partial charge in [-0.15, -0.1) is 0 Å². The second-order valence-corrected chi connectivity index (χ2v) is 4.85. The summed E-state index contributed by atoms with van der Waals surface area (Å²) in [6.07, 6.45) is 0. The standard InChI is InChI=1S/C12H8Br2O/c13-9-3-1-5-11(7-9)15-12-6-2-4-10(14)8-12/h1-8H. The Morgan fingerprint density at radius 3 is 1.60 bits per heavy atom. The summed E-state index contributed by atoms with van der Waals surface area (Å²) in [7, 11) is 0. The molecule has 1 nitrogen and oxygen atoms in total. The van der Waals surface area contributed by atoms with E-state index < -0.39 is 0 Å². The summed E-state index contributed by atoms with van der Waals surface area (Å²) in [5.41, 5.74) is 0. The molecule has 76 valence electrons. The van der Waals surface area contributed by atoms with Crippen molar-refractivity contribution in [1.82, 2.24) is 0 Å². The maximum atomic E-state index is 5.68. The van der Waals surface area contributed by atoms with Crippen LogP contribution in [-0.2, 0) is 0 Å². The lowest BCUT2D eigenvalue weighted by atomic mass is 10.3. The summed E-state index contributed by atoms with van der Waals surface area (Å²) in [5.74, 6) is 1.64. The second-order valence-electron chi connectivity index (χ2n) is 3.02. The van der Waals surface area contributed by atoms with Crippen molar-refractivity contribution in [2.24, 2.45) is 0 Å². The number of halogens is 2. The van der Waals surface area contributed by atoms with Crippen molar-refractivity contribution in [2.45, 2.75) is 0 Å². The minimum atomic E-state index is 0.822. The molecule has 0 bridgehead atoms. The Morgan fingerprint density at radius 1 is 0.733 bits per heavy atom. The molecule has 0 atom stereocenters. The molecule has 0 spiro atoms. The third-order valence-corrected chi connectivity index (χ3v) is 2.81. The topological polar surface area (TPSA) is 9.23 Å². The molecule has 2 rings (SSSR count). The van der Waals surface area contributed by atoms with Gasteiger partial charge < -0.3 is 4.74 Å². The van der Waals surface area contributed by atoms with E-state index in [0.29, 0.717) is 0 Å². The number of benzene rings is 2. The van der Waals surface area contributed by atoms with E-state index in [1.54, 1.807) is 0 Å². The predicted molar refractivity (Wildman–Crippen MR) is 68.4 cm³/mol. The van der Waals surface area contributed by atoms with Crippen molar-refractivity contribution in [3.63, 3.8) is 0 Å². The highest BCUT2D eigenvalue weighted by atomic mass is 79.9. The van der Waals surface area contributed by atoms with Crippen LogP contribution in [0.2, 0.25) is 0 Å². The number of rotatable bonds is 2. The van der Waals surface area contributed by atoms with Gasteiger partial charge in [0.2, 0.25) is 0 Å². The van der Waals surface area contributed by atoms with E-state index in [4.69, 9.17) is 4.74 Å². The molecular formula is C12H8Br2O. The van der Waals surface area contributed by atoms with Crippen molar-refractivity contribution in [3.8, 4) is 11.5 Å². The number of hydrogen-bond donors (Lipinski definition) is 0. The second kappa shape index (κ2) is 4.81. The smallest absolute Gasteiger partial charge is 0.128 e. The molecule has 0 aliphatic rings. The minimum Gasteiger partial charge on any atom is -0.457 e. The highest BCUT2D eigenvalue weighted by Gasteiger charge is 1.97. The zero-order chi connectivity index (χ0) is 10.7. The number of hydrogen-bond acceptors (Lipinski definition) is 1. The first-order valence-electron chi connectivity index (χ1n) is 4.43. The van der Waals surface area contributed by atoms with Gasteiger partial charge in [0.05, 0.1) is 0 Å². The monoisotopic (exact) mass is 326 g/mol. The van der Waals surface area contributed by atoms with E-state index in [-0.39, 0.29) is 0 Å². The lowest BCUT2D eigenvalue weighted by molar-refractivity contribution is 0.482. The van der Waals surface area contributed by atoms with Crippen LogP contribution in [0.25, 0.3) is 0 Å². The molecule has 0 aromatic heterocycles. The first-order valence-corrected chi connectivity index (χ1v) is 6.01. The summed E-state index contributed by atoms with van der Waals surface area (Å²) in [4.78, 5) is 0. The fourth-order valence-electron chi connectivity index (χ4n) is 1.20. The molecule has 0 saturated heterocycles. The molecule has 0 fully saturated rings. The van der Waals surface area contributed by atoms with Crippen LogP contribution in [0.15, 0.2) is 57.5 Å². The Morgan fingerprint density at radius 2 is 1.20 bits per heavy atom. The average Bonchev–Trinajstić information content (AvgIpc) is 2.17. The van der Waals surface area contributed by atoms with Crippen LogP contribution >= 0.6 is 31.9 Å². The Kier molecular flexibility index (Phi) is 3.44. The summed E-state index contributed by atoms with van der Waals surface area (Å²) in [6, 6.07) is 15.5. The van der Waals surface area contributed by atoms with E-state index >= 15 is 0 Å². The van der Waals surface area contributed by atoms with Crippen LogP contribution in [0.3, 0.4) is 0 Å². The van der Waals surface area contributed by atoms with Gasteiger partial charge in [0, 0.05) is 8.95 Å². The lowest BCUT2D eigenvalue weighted by Crippen LogP contribution is -1.83.